The first-order chi connectivity index (χ1) is 8.65. The van der Waals surface area contributed by atoms with Gasteiger partial charge in [0.25, 0.3) is 5.91 Å². The van der Waals surface area contributed by atoms with Crippen LogP contribution in [0.15, 0.2) is 18.2 Å². The molecular weight excluding hydrogens is 256 g/mol. The molecule has 1 aliphatic rings. The highest BCUT2D eigenvalue weighted by Gasteiger charge is 2.28. The molecule has 0 aromatic heterocycles. The molecule has 1 aromatic carbocycles. The minimum atomic E-state index is -0.330. The van der Waals surface area contributed by atoms with Crippen molar-refractivity contribution < 1.29 is 14.6 Å². The molecule has 1 heterocycles. The van der Waals surface area contributed by atoms with E-state index in [1.54, 1.807) is 23.1 Å². The van der Waals surface area contributed by atoms with Crippen LogP contribution in [0, 0.1) is 0 Å². The smallest absolute Gasteiger partial charge is 0.255 e. The number of aliphatic hydroxyl groups is 1. The summed E-state index contributed by atoms with van der Waals surface area (Å²) in [4.78, 5) is 13.9. The molecule has 1 amide bonds. The number of morpholine rings is 1. The standard InChI is InChI=1S/C12H15ClN2O3/c13-11-9(2-1-3-10(11)14)12(17)15-4-5-18-7-8(15)6-16/h1-3,8,16H,4-7,14H2. The van der Waals surface area contributed by atoms with Crippen molar-refractivity contribution in [2.75, 3.05) is 32.1 Å². The molecule has 0 aliphatic carbocycles. The molecule has 1 fully saturated rings. The van der Waals surface area contributed by atoms with Gasteiger partial charge in [-0.3, -0.25) is 4.79 Å². The third-order valence-electron chi connectivity index (χ3n) is 2.96. The Morgan fingerprint density at radius 3 is 3.11 bits per heavy atom. The Labute approximate surface area is 110 Å². The lowest BCUT2D eigenvalue weighted by atomic mass is 10.1. The van der Waals surface area contributed by atoms with Crippen LogP contribution in [0.3, 0.4) is 0 Å². The van der Waals surface area contributed by atoms with Crippen LogP contribution in [0.25, 0.3) is 0 Å². The third-order valence-corrected chi connectivity index (χ3v) is 3.38. The van der Waals surface area contributed by atoms with E-state index >= 15 is 0 Å². The van der Waals surface area contributed by atoms with Crippen molar-refractivity contribution in [2.24, 2.45) is 0 Å². The van der Waals surface area contributed by atoms with Crippen LogP contribution >= 0.6 is 11.6 Å². The minimum absolute atomic E-state index is 0.133. The van der Waals surface area contributed by atoms with Crippen LogP contribution in [0.5, 0.6) is 0 Å². The van der Waals surface area contributed by atoms with E-state index in [9.17, 15) is 9.90 Å². The van der Waals surface area contributed by atoms with E-state index in [4.69, 9.17) is 22.1 Å². The summed E-state index contributed by atoms with van der Waals surface area (Å²) in [5, 5.41) is 9.50. The zero-order chi connectivity index (χ0) is 13.1. The number of aliphatic hydroxyl groups excluding tert-OH is 1. The SMILES string of the molecule is Nc1cccc(C(=O)N2CCOCC2CO)c1Cl. The highest BCUT2D eigenvalue weighted by molar-refractivity contribution is 6.36. The number of anilines is 1. The van der Waals surface area contributed by atoms with Gasteiger partial charge in [0, 0.05) is 6.54 Å². The van der Waals surface area contributed by atoms with Crippen molar-refractivity contribution in [2.45, 2.75) is 6.04 Å². The van der Waals surface area contributed by atoms with Gasteiger partial charge in [0.15, 0.2) is 0 Å². The molecule has 2 rings (SSSR count). The molecule has 6 heteroatoms. The first-order valence-corrected chi connectivity index (χ1v) is 6.06. The Hall–Kier alpha value is -1.30. The number of nitrogens with zero attached hydrogens (tertiary/aromatic N) is 1. The van der Waals surface area contributed by atoms with Crippen molar-refractivity contribution in [3.63, 3.8) is 0 Å². The van der Waals surface area contributed by atoms with Crippen molar-refractivity contribution in [3.8, 4) is 0 Å². The van der Waals surface area contributed by atoms with Crippen molar-refractivity contribution in [3.05, 3.63) is 28.8 Å². The van der Waals surface area contributed by atoms with Gasteiger partial charge in [-0.15, -0.1) is 0 Å². The average molecular weight is 271 g/mol. The Kier molecular flexibility index (Phi) is 4.06. The normalized spacial score (nSPS) is 19.9. The zero-order valence-corrected chi connectivity index (χ0v) is 10.6. The fourth-order valence-corrected chi connectivity index (χ4v) is 2.15. The second-order valence-corrected chi connectivity index (χ2v) is 4.50. The van der Waals surface area contributed by atoms with Gasteiger partial charge in [-0.25, -0.2) is 0 Å². The lowest BCUT2D eigenvalue weighted by molar-refractivity contribution is -0.0183. The van der Waals surface area contributed by atoms with Gasteiger partial charge in [-0.1, -0.05) is 17.7 Å². The van der Waals surface area contributed by atoms with E-state index in [2.05, 4.69) is 0 Å². The molecule has 1 aromatic rings. The van der Waals surface area contributed by atoms with Crippen LogP contribution in [0.2, 0.25) is 5.02 Å². The summed E-state index contributed by atoms with van der Waals surface area (Å²) in [6.07, 6.45) is 0. The third kappa shape index (κ3) is 2.43. The van der Waals surface area contributed by atoms with E-state index in [0.29, 0.717) is 31.0 Å². The molecule has 5 nitrogen and oxygen atoms in total. The molecule has 1 atom stereocenters. The molecule has 0 bridgehead atoms. The van der Waals surface area contributed by atoms with Gasteiger partial charge in [0.2, 0.25) is 0 Å². The molecular formula is C12H15ClN2O3. The molecule has 1 unspecified atom stereocenters. The lowest BCUT2D eigenvalue weighted by Gasteiger charge is -2.34. The summed E-state index contributed by atoms with van der Waals surface area (Å²) >= 11 is 6.03. The number of ether oxygens (including phenoxy) is 1. The highest BCUT2D eigenvalue weighted by atomic mass is 35.5. The fraction of sp³-hybridized carbons (Fsp3) is 0.417. The summed E-state index contributed by atoms with van der Waals surface area (Å²) in [5.74, 6) is -0.227. The number of rotatable bonds is 2. The maximum Gasteiger partial charge on any atom is 0.255 e. The van der Waals surface area contributed by atoms with Crippen LogP contribution in [-0.4, -0.2) is 48.3 Å². The zero-order valence-electron chi connectivity index (χ0n) is 9.80. The monoisotopic (exact) mass is 270 g/mol. The number of carbonyl (C=O) groups is 1. The largest absolute Gasteiger partial charge is 0.398 e. The Balaban J connectivity index is 2.27. The Morgan fingerprint density at radius 1 is 1.61 bits per heavy atom. The molecule has 0 spiro atoms. The summed E-state index contributed by atoms with van der Waals surface area (Å²) in [5.41, 5.74) is 6.41. The van der Waals surface area contributed by atoms with Gasteiger partial charge >= 0.3 is 0 Å². The second-order valence-electron chi connectivity index (χ2n) is 4.12. The first-order valence-electron chi connectivity index (χ1n) is 5.68. The Bertz CT molecular complexity index is 453. The van der Waals surface area contributed by atoms with Gasteiger partial charge < -0.3 is 20.5 Å². The molecule has 98 valence electrons. The number of nitrogen functional groups attached to an aromatic ring is 1. The number of amides is 1. The van der Waals surface area contributed by atoms with Crippen LogP contribution < -0.4 is 5.73 Å². The topological polar surface area (TPSA) is 75.8 Å². The van der Waals surface area contributed by atoms with Gasteiger partial charge in [0.05, 0.1) is 42.1 Å². The number of hydrogen-bond donors (Lipinski definition) is 2. The van der Waals surface area contributed by atoms with E-state index in [1.807, 2.05) is 0 Å². The number of nitrogens with two attached hydrogens (primary N) is 1. The maximum absolute atomic E-state index is 12.4. The molecule has 1 aliphatic heterocycles. The predicted octanol–water partition coefficient (Wildman–Crippen LogP) is 0.755. The fourth-order valence-electron chi connectivity index (χ4n) is 1.94. The first kappa shape index (κ1) is 13.1. The number of carbonyl (C=O) groups excluding carboxylic acids is 1. The van der Waals surface area contributed by atoms with Gasteiger partial charge in [-0.2, -0.15) is 0 Å². The van der Waals surface area contributed by atoms with E-state index in [0.717, 1.165) is 0 Å². The summed E-state index contributed by atoms with van der Waals surface area (Å²) < 4.78 is 5.23. The van der Waals surface area contributed by atoms with Gasteiger partial charge in [0.1, 0.15) is 0 Å². The molecule has 18 heavy (non-hydrogen) atoms. The Morgan fingerprint density at radius 2 is 2.39 bits per heavy atom. The van der Waals surface area contributed by atoms with E-state index in [-0.39, 0.29) is 23.6 Å². The average Bonchev–Trinajstić information content (AvgIpc) is 2.41. The van der Waals surface area contributed by atoms with Crippen LogP contribution in [0.4, 0.5) is 5.69 Å². The summed E-state index contributed by atoms with van der Waals surface area (Å²) in [6, 6.07) is 4.62. The van der Waals surface area contributed by atoms with Crippen molar-refractivity contribution >= 4 is 23.2 Å². The number of hydrogen-bond acceptors (Lipinski definition) is 4. The van der Waals surface area contributed by atoms with Crippen molar-refractivity contribution in [1.82, 2.24) is 4.90 Å². The predicted molar refractivity (Wildman–Crippen MR) is 68.6 cm³/mol. The molecule has 0 radical (unpaired) electrons. The summed E-state index contributed by atoms with van der Waals surface area (Å²) in [7, 11) is 0. The molecule has 0 saturated carbocycles. The highest BCUT2D eigenvalue weighted by Crippen LogP contribution is 2.25. The number of benzene rings is 1. The minimum Gasteiger partial charge on any atom is -0.398 e. The maximum atomic E-state index is 12.4. The second kappa shape index (κ2) is 5.56. The van der Waals surface area contributed by atoms with Crippen LogP contribution in [-0.2, 0) is 4.74 Å². The number of halogens is 1. The summed E-state index contributed by atoms with van der Waals surface area (Å²) in [6.45, 7) is 1.10. The van der Waals surface area contributed by atoms with Crippen LogP contribution in [0.1, 0.15) is 10.4 Å². The molecule has 3 N–H and O–H groups in total. The quantitative estimate of drug-likeness (QED) is 0.778. The van der Waals surface area contributed by atoms with Gasteiger partial charge in [-0.05, 0) is 12.1 Å². The lowest BCUT2D eigenvalue weighted by Crippen LogP contribution is -2.50. The van der Waals surface area contributed by atoms with E-state index in [1.165, 1.54) is 0 Å². The van der Waals surface area contributed by atoms with Crippen molar-refractivity contribution in [1.29, 1.82) is 0 Å². The molecule has 1 saturated heterocycles. The van der Waals surface area contributed by atoms with E-state index < -0.39 is 0 Å².